The fraction of sp³-hybridized carbons (Fsp3) is 0.350. The number of anilines is 1. The van der Waals surface area contributed by atoms with Crippen molar-refractivity contribution in [3.63, 3.8) is 0 Å². The molecule has 1 heterocycles. The Kier molecular flexibility index (Phi) is 6.83. The molecule has 1 saturated heterocycles. The topological polar surface area (TPSA) is 79.0 Å². The van der Waals surface area contributed by atoms with Crippen molar-refractivity contribution in [1.82, 2.24) is 9.62 Å². The van der Waals surface area contributed by atoms with Crippen molar-refractivity contribution in [1.29, 1.82) is 0 Å². The van der Waals surface area contributed by atoms with Crippen LogP contribution in [0, 0.1) is 5.82 Å². The van der Waals surface area contributed by atoms with E-state index in [4.69, 9.17) is 4.74 Å². The molecular formula is C20H24FN3O4S. The molecule has 29 heavy (non-hydrogen) atoms. The molecule has 0 aromatic heterocycles. The Labute approximate surface area is 170 Å². The number of hydrogen-bond acceptors (Lipinski definition) is 5. The Morgan fingerprint density at radius 2 is 1.72 bits per heavy atom. The first-order valence-electron chi connectivity index (χ1n) is 9.26. The first-order chi connectivity index (χ1) is 13.9. The Morgan fingerprint density at radius 3 is 2.34 bits per heavy atom. The molecule has 1 aliphatic rings. The average Bonchev–Trinajstić information content (AvgIpc) is 2.73. The molecule has 0 radical (unpaired) electrons. The van der Waals surface area contributed by atoms with Gasteiger partial charge in [0, 0.05) is 32.4 Å². The van der Waals surface area contributed by atoms with Crippen molar-refractivity contribution in [2.24, 2.45) is 0 Å². The van der Waals surface area contributed by atoms with Gasteiger partial charge in [-0.25, -0.2) is 12.8 Å². The Balaban J connectivity index is 1.53. The minimum atomic E-state index is -3.53. The largest absolute Gasteiger partial charge is 0.379 e. The van der Waals surface area contributed by atoms with Crippen LogP contribution < -0.4 is 10.2 Å². The lowest BCUT2D eigenvalue weighted by molar-refractivity contribution is -0.119. The predicted octanol–water partition coefficient (Wildman–Crippen LogP) is 1.60. The highest BCUT2D eigenvalue weighted by molar-refractivity contribution is 7.89. The Bertz CT molecular complexity index is 927. The SMILES string of the molecule is CN(CC(=O)NCc1ccc(S(=O)(=O)N2CCOCC2)cc1)c1ccc(F)cc1. The number of nitrogens with one attached hydrogen (secondary N) is 1. The van der Waals surface area contributed by atoms with Gasteiger partial charge in [0.05, 0.1) is 24.7 Å². The summed E-state index contributed by atoms with van der Waals surface area (Å²) in [6, 6.07) is 12.4. The number of benzene rings is 2. The van der Waals surface area contributed by atoms with Gasteiger partial charge in [-0.1, -0.05) is 12.1 Å². The Morgan fingerprint density at radius 1 is 1.10 bits per heavy atom. The van der Waals surface area contributed by atoms with Gasteiger partial charge in [-0.3, -0.25) is 4.79 Å². The van der Waals surface area contributed by atoms with E-state index in [0.717, 1.165) is 11.3 Å². The first kappa shape index (κ1) is 21.2. The molecule has 1 N–H and O–H groups in total. The lowest BCUT2D eigenvalue weighted by Crippen LogP contribution is -2.40. The maximum absolute atomic E-state index is 13.0. The molecule has 7 nitrogen and oxygen atoms in total. The van der Waals surface area contributed by atoms with Crippen LogP contribution in [0.25, 0.3) is 0 Å². The minimum absolute atomic E-state index is 0.120. The smallest absolute Gasteiger partial charge is 0.243 e. The molecule has 0 bridgehead atoms. The molecule has 0 unspecified atom stereocenters. The molecular weight excluding hydrogens is 397 g/mol. The van der Waals surface area contributed by atoms with Crippen molar-refractivity contribution in [2.45, 2.75) is 11.4 Å². The maximum atomic E-state index is 13.0. The molecule has 2 aromatic rings. The normalized spacial score (nSPS) is 15.1. The molecule has 0 saturated carbocycles. The molecule has 2 aromatic carbocycles. The molecule has 156 valence electrons. The number of nitrogens with zero attached hydrogens (tertiary/aromatic N) is 2. The van der Waals surface area contributed by atoms with E-state index in [1.807, 2.05) is 0 Å². The lowest BCUT2D eigenvalue weighted by Gasteiger charge is -2.26. The van der Waals surface area contributed by atoms with Gasteiger partial charge in [0.15, 0.2) is 0 Å². The molecule has 1 amide bonds. The lowest BCUT2D eigenvalue weighted by atomic mass is 10.2. The summed E-state index contributed by atoms with van der Waals surface area (Å²) in [5, 5.41) is 2.80. The number of likely N-dealkylation sites (N-methyl/N-ethyl adjacent to an activating group) is 1. The van der Waals surface area contributed by atoms with Crippen LogP contribution in [0.5, 0.6) is 0 Å². The third-order valence-corrected chi connectivity index (χ3v) is 6.58. The second-order valence-corrected chi connectivity index (χ2v) is 8.71. The molecule has 3 rings (SSSR count). The molecule has 1 fully saturated rings. The van der Waals surface area contributed by atoms with Crippen molar-refractivity contribution in [3.05, 3.63) is 59.9 Å². The van der Waals surface area contributed by atoms with Crippen molar-refractivity contribution >= 4 is 21.6 Å². The second-order valence-electron chi connectivity index (χ2n) is 6.77. The van der Waals surface area contributed by atoms with E-state index in [1.165, 1.54) is 16.4 Å². The summed E-state index contributed by atoms with van der Waals surface area (Å²) in [6.45, 7) is 1.90. The number of morpholine rings is 1. The summed E-state index contributed by atoms with van der Waals surface area (Å²) in [5.74, 6) is -0.521. The summed E-state index contributed by atoms with van der Waals surface area (Å²) in [4.78, 5) is 14.1. The highest BCUT2D eigenvalue weighted by Crippen LogP contribution is 2.18. The van der Waals surface area contributed by atoms with E-state index in [0.29, 0.717) is 26.3 Å². The highest BCUT2D eigenvalue weighted by Gasteiger charge is 2.26. The third kappa shape index (κ3) is 5.53. The average molecular weight is 421 g/mol. The standard InChI is InChI=1S/C20H24FN3O4S/c1-23(18-6-4-17(21)5-7-18)15-20(25)22-14-16-2-8-19(9-3-16)29(26,27)24-10-12-28-13-11-24/h2-9H,10-15H2,1H3,(H,22,25). The number of ether oxygens (including phenoxy) is 1. The number of carbonyl (C=O) groups is 1. The van der Waals surface area contributed by atoms with Gasteiger partial charge < -0.3 is 15.0 Å². The van der Waals surface area contributed by atoms with Gasteiger partial charge in [0.1, 0.15) is 5.82 Å². The summed E-state index contributed by atoms with van der Waals surface area (Å²) >= 11 is 0. The van der Waals surface area contributed by atoms with Crippen molar-refractivity contribution in [3.8, 4) is 0 Å². The fourth-order valence-electron chi connectivity index (χ4n) is 2.97. The first-order valence-corrected chi connectivity index (χ1v) is 10.7. The van der Waals surface area contributed by atoms with E-state index in [1.54, 1.807) is 48.3 Å². The quantitative estimate of drug-likeness (QED) is 0.735. The van der Waals surface area contributed by atoms with E-state index < -0.39 is 10.0 Å². The van der Waals surface area contributed by atoms with Crippen LogP contribution in [0.1, 0.15) is 5.56 Å². The highest BCUT2D eigenvalue weighted by atomic mass is 32.2. The van der Waals surface area contributed by atoms with E-state index in [-0.39, 0.29) is 29.7 Å². The van der Waals surface area contributed by atoms with Gasteiger partial charge >= 0.3 is 0 Å². The van der Waals surface area contributed by atoms with E-state index >= 15 is 0 Å². The van der Waals surface area contributed by atoms with Gasteiger partial charge in [-0.15, -0.1) is 0 Å². The molecule has 1 aliphatic heterocycles. The van der Waals surface area contributed by atoms with Crippen LogP contribution in [0.15, 0.2) is 53.4 Å². The van der Waals surface area contributed by atoms with Crippen LogP contribution in [0.3, 0.4) is 0 Å². The van der Waals surface area contributed by atoms with E-state index in [2.05, 4.69) is 5.32 Å². The maximum Gasteiger partial charge on any atom is 0.243 e. The second kappa shape index (κ2) is 9.34. The van der Waals surface area contributed by atoms with Gasteiger partial charge in [0.25, 0.3) is 0 Å². The number of hydrogen-bond donors (Lipinski definition) is 1. The number of carbonyl (C=O) groups excluding carboxylic acids is 1. The molecule has 0 atom stereocenters. The number of halogens is 1. The predicted molar refractivity (Wildman–Crippen MR) is 108 cm³/mol. The van der Waals surface area contributed by atoms with Crippen LogP contribution in [-0.2, 0) is 26.1 Å². The van der Waals surface area contributed by atoms with Crippen LogP contribution in [-0.4, -0.2) is 58.5 Å². The third-order valence-electron chi connectivity index (χ3n) is 4.67. The number of sulfonamides is 1. The number of rotatable bonds is 7. The summed E-state index contributed by atoms with van der Waals surface area (Å²) in [7, 11) is -1.78. The van der Waals surface area contributed by atoms with Crippen molar-refractivity contribution in [2.75, 3.05) is 44.8 Å². The molecule has 0 aliphatic carbocycles. The summed E-state index contributed by atoms with van der Waals surface area (Å²) < 4.78 is 44.8. The number of amides is 1. The van der Waals surface area contributed by atoms with Crippen molar-refractivity contribution < 1.29 is 22.3 Å². The minimum Gasteiger partial charge on any atom is -0.379 e. The zero-order valence-electron chi connectivity index (χ0n) is 16.2. The van der Waals surface area contributed by atoms with Crippen LogP contribution >= 0.6 is 0 Å². The van der Waals surface area contributed by atoms with E-state index in [9.17, 15) is 17.6 Å². The monoisotopic (exact) mass is 421 g/mol. The van der Waals surface area contributed by atoms with Crippen LogP contribution in [0.4, 0.5) is 10.1 Å². The summed E-state index contributed by atoms with van der Waals surface area (Å²) in [5.41, 5.74) is 1.53. The van der Waals surface area contributed by atoms with Gasteiger partial charge in [-0.2, -0.15) is 4.31 Å². The fourth-order valence-corrected chi connectivity index (χ4v) is 4.38. The molecule has 9 heteroatoms. The molecule has 0 spiro atoms. The zero-order valence-corrected chi connectivity index (χ0v) is 17.0. The zero-order chi connectivity index (χ0) is 20.9. The Hall–Kier alpha value is -2.49. The van der Waals surface area contributed by atoms with Gasteiger partial charge in [0.2, 0.25) is 15.9 Å². The van der Waals surface area contributed by atoms with Gasteiger partial charge in [-0.05, 0) is 42.0 Å². The summed E-state index contributed by atoms with van der Waals surface area (Å²) in [6.07, 6.45) is 0. The van der Waals surface area contributed by atoms with Crippen LogP contribution in [0.2, 0.25) is 0 Å².